The fourth-order valence-electron chi connectivity index (χ4n) is 4.91. The zero-order valence-electron chi connectivity index (χ0n) is 21.9. The highest BCUT2D eigenvalue weighted by Crippen LogP contribution is 2.36. The Morgan fingerprint density at radius 3 is 2.60 bits per heavy atom. The van der Waals surface area contributed by atoms with E-state index in [0.29, 0.717) is 29.8 Å². The summed E-state index contributed by atoms with van der Waals surface area (Å²) in [5.41, 5.74) is 3.20. The number of imidazole rings is 1. The van der Waals surface area contributed by atoms with E-state index in [0.717, 1.165) is 54.8 Å². The number of hydrogen-bond donors (Lipinski definition) is 0. The number of halogens is 1. The SMILES string of the molecule is COc1ccc([C@@H](C)N2CC[C@H]([C@@H](C)c3nc4cc(Cl)ncc4n3COCC[Si](C)(C)C)C2)cc1. The van der Waals surface area contributed by atoms with Crippen LogP contribution in [-0.4, -0.2) is 54.3 Å². The van der Waals surface area contributed by atoms with Crippen LogP contribution in [0.4, 0.5) is 0 Å². The maximum atomic E-state index is 6.19. The van der Waals surface area contributed by atoms with Crippen LogP contribution in [-0.2, 0) is 11.5 Å². The Morgan fingerprint density at radius 2 is 1.91 bits per heavy atom. The third-order valence-electron chi connectivity index (χ3n) is 7.36. The number of aromatic nitrogens is 3. The molecule has 0 unspecified atom stereocenters. The van der Waals surface area contributed by atoms with E-state index < -0.39 is 8.07 Å². The molecule has 8 heteroatoms. The van der Waals surface area contributed by atoms with Crippen LogP contribution in [0.3, 0.4) is 0 Å². The van der Waals surface area contributed by atoms with Gasteiger partial charge in [-0.15, -0.1) is 0 Å². The van der Waals surface area contributed by atoms with Crippen molar-refractivity contribution in [1.82, 2.24) is 19.4 Å². The molecule has 6 nitrogen and oxygen atoms in total. The molecule has 0 amide bonds. The molecule has 1 aromatic carbocycles. The Labute approximate surface area is 215 Å². The molecular weight excluding hydrogens is 476 g/mol. The third kappa shape index (κ3) is 6.26. The van der Waals surface area contributed by atoms with E-state index in [1.54, 1.807) is 7.11 Å². The van der Waals surface area contributed by atoms with Gasteiger partial charge >= 0.3 is 0 Å². The molecule has 1 saturated heterocycles. The first-order valence-electron chi connectivity index (χ1n) is 12.6. The number of rotatable bonds is 10. The van der Waals surface area contributed by atoms with Gasteiger partial charge in [0.15, 0.2) is 0 Å². The maximum Gasteiger partial charge on any atom is 0.131 e. The van der Waals surface area contributed by atoms with Crippen LogP contribution in [0.15, 0.2) is 36.5 Å². The number of likely N-dealkylation sites (tertiary alicyclic amines) is 1. The van der Waals surface area contributed by atoms with Gasteiger partial charge in [-0.2, -0.15) is 0 Å². The molecule has 4 rings (SSSR count). The Hall–Kier alpha value is -1.93. The predicted octanol–water partition coefficient (Wildman–Crippen LogP) is 6.59. The average Bonchev–Trinajstić information content (AvgIpc) is 3.45. The van der Waals surface area contributed by atoms with Crippen LogP contribution in [0.5, 0.6) is 5.75 Å². The molecule has 0 aliphatic carbocycles. The quantitative estimate of drug-likeness (QED) is 0.173. The van der Waals surface area contributed by atoms with Gasteiger partial charge in [0, 0.05) is 39.3 Å². The minimum atomic E-state index is -1.14. The van der Waals surface area contributed by atoms with E-state index in [2.05, 4.69) is 60.1 Å². The number of nitrogens with zero attached hydrogens (tertiary/aromatic N) is 4. The van der Waals surface area contributed by atoms with Crippen molar-refractivity contribution in [3.63, 3.8) is 0 Å². The van der Waals surface area contributed by atoms with Crippen molar-refractivity contribution in [3.8, 4) is 5.75 Å². The predicted molar refractivity (Wildman–Crippen MR) is 146 cm³/mol. The fourth-order valence-corrected chi connectivity index (χ4v) is 5.82. The smallest absolute Gasteiger partial charge is 0.131 e. The molecule has 1 aliphatic rings. The van der Waals surface area contributed by atoms with Crippen LogP contribution in [0, 0.1) is 5.92 Å². The van der Waals surface area contributed by atoms with Crippen LogP contribution >= 0.6 is 11.6 Å². The number of pyridine rings is 1. The largest absolute Gasteiger partial charge is 0.497 e. The lowest BCUT2D eigenvalue weighted by molar-refractivity contribution is 0.0864. The lowest BCUT2D eigenvalue weighted by atomic mass is 9.92. The molecule has 2 aromatic heterocycles. The number of hydrogen-bond acceptors (Lipinski definition) is 5. The molecule has 1 fully saturated rings. The van der Waals surface area contributed by atoms with Gasteiger partial charge in [-0.05, 0) is 49.5 Å². The van der Waals surface area contributed by atoms with Gasteiger partial charge in [0.2, 0.25) is 0 Å². The van der Waals surface area contributed by atoms with Gasteiger partial charge in [0.05, 0.1) is 24.3 Å². The van der Waals surface area contributed by atoms with Crippen molar-refractivity contribution in [3.05, 3.63) is 53.1 Å². The highest BCUT2D eigenvalue weighted by molar-refractivity contribution is 6.76. The third-order valence-corrected chi connectivity index (χ3v) is 9.27. The summed E-state index contributed by atoms with van der Waals surface area (Å²) in [5.74, 6) is 2.79. The lowest BCUT2D eigenvalue weighted by Crippen LogP contribution is -2.26. The zero-order valence-corrected chi connectivity index (χ0v) is 23.7. The molecule has 3 atom stereocenters. The summed E-state index contributed by atoms with van der Waals surface area (Å²) in [7, 11) is 0.567. The van der Waals surface area contributed by atoms with E-state index in [1.165, 1.54) is 5.56 Å². The molecule has 0 spiro atoms. The summed E-state index contributed by atoms with van der Waals surface area (Å²) in [6, 6.07) is 11.8. The van der Waals surface area contributed by atoms with Gasteiger partial charge in [-0.1, -0.05) is 50.3 Å². The molecule has 0 bridgehead atoms. The highest BCUT2D eigenvalue weighted by atomic mass is 35.5. The van der Waals surface area contributed by atoms with E-state index in [9.17, 15) is 0 Å². The number of benzene rings is 1. The van der Waals surface area contributed by atoms with Gasteiger partial charge in [-0.25, -0.2) is 9.97 Å². The molecule has 3 heterocycles. The average molecular weight is 515 g/mol. The van der Waals surface area contributed by atoms with Gasteiger partial charge < -0.3 is 14.0 Å². The van der Waals surface area contributed by atoms with E-state index in [1.807, 2.05) is 24.4 Å². The molecule has 190 valence electrons. The zero-order chi connectivity index (χ0) is 25.2. The number of ether oxygens (including phenoxy) is 2. The standard InChI is InChI=1S/C27H39ClN4O2Si/c1-19(22-11-12-31(17-22)20(2)21-7-9-23(33-3)10-8-21)27-30-24-15-26(28)29-16-25(24)32(27)18-34-13-14-35(4,5)6/h7-10,15-16,19-20,22H,11-14,17-18H2,1-6H3/t19-,20-,22+/m1/s1. The van der Waals surface area contributed by atoms with Gasteiger partial charge in [0.1, 0.15) is 23.5 Å². The van der Waals surface area contributed by atoms with Crippen molar-refractivity contribution in [2.45, 2.75) is 64.6 Å². The first-order valence-corrected chi connectivity index (χ1v) is 16.7. The normalized spacial score (nSPS) is 18.8. The molecular formula is C27H39ClN4O2Si. The highest BCUT2D eigenvalue weighted by Gasteiger charge is 2.33. The van der Waals surface area contributed by atoms with Crippen molar-refractivity contribution in [2.24, 2.45) is 5.92 Å². The molecule has 3 aromatic rings. The summed E-state index contributed by atoms with van der Waals surface area (Å²) < 4.78 is 13.7. The maximum absolute atomic E-state index is 6.19. The topological polar surface area (TPSA) is 52.4 Å². The molecule has 1 aliphatic heterocycles. The van der Waals surface area contributed by atoms with E-state index >= 15 is 0 Å². The Balaban J connectivity index is 1.49. The second-order valence-electron chi connectivity index (χ2n) is 11.0. The molecule has 0 N–H and O–H groups in total. The summed E-state index contributed by atoms with van der Waals surface area (Å²) in [6.07, 6.45) is 2.98. The van der Waals surface area contributed by atoms with Crippen LogP contribution < -0.4 is 4.74 Å². The number of fused-ring (bicyclic) bond motifs is 1. The lowest BCUT2D eigenvalue weighted by Gasteiger charge is -2.26. The second-order valence-corrected chi connectivity index (χ2v) is 17.0. The van der Waals surface area contributed by atoms with Crippen molar-refractivity contribution in [1.29, 1.82) is 0 Å². The van der Waals surface area contributed by atoms with Crippen molar-refractivity contribution >= 4 is 30.7 Å². The first kappa shape index (κ1) is 26.1. The molecule has 35 heavy (non-hydrogen) atoms. The van der Waals surface area contributed by atoms with Crippen molar-refractivity contribution in [2.75, 3.05) is 26.8 Å². The Morgan fingerprint density at radius 1 is 1.17 bits per heavy atom. The van der Waals surface area contributed by atoms with E-state index in [4.69, 9.17) is 26.1 Å². The summed E-state index contributed by atoms with van der Waals surface area (Å²) in [6.45, 7) is 15.1. The van der Waals surface area contributed by atoms with E-state index in [-0.39, 0.29) is 0 Å². The van der Waals surface area contributed by atoms with Gasteiger partial charge in [0.25, 0.3) is 0 Å². The van der Waals surface area contributed by atoms with Crippen LogP contribution in [0.1, 0.15) is 43.6 Å². The molecule has 0 radical (unpaired) electrons. The summed E-state index contributed by atoms with van der Waals surface area (Å²) >= 11 is 6.19. The second kappa shape index (κ2) is 11.0. The van der Waals surface area contributed by atoms with Crippen LogP contribution in [0.2, 0.25) is 30.8 Å². The summed E-state index contributed by atoms with van der Waals surface area (Å²) in [5, 5.41) is 0.473. The number of methoxy groups -OCH3 is 1. The molecule has 0 saturated carbocycles. The monoisotopic (exact) mass is 514 g/mol. The first-order chi connectivity index (χ1) is 16.7. The Bertz CT molecular complexity index is 1130. The Kier molecular flexibility index (Phi) is 8.21. The van der Waals surface area contributed by atoms with Gasteiger partial charge in [-0.3, -0.25) is 4.90 Å². The van der Waals surface area contributed by atoms with Crippen molar-refractivity contribution < 1.29 is 9.47 Å². The minimum Gasteiger partial charge on any atom is -0.497 e. The van der Waals surface area contributed by atoms with Crippen LogP contribution in [0.25, 0.3) is 11.0 Å². The minimum absolute atomic E-state index is 0.301. The summed E-state index contributed by atoms with van der Waals surface area (Å²) in [4.78, 5) is 11.9. The fraction of sp³-hybridized carbons (Fsp3) is 0.556.